The fourth-order valence-electron chi connectivity index (χ4n) is 6.78. The number of phosphoric ester groups is 1. The van der Waals surface area contributed by atoms with Gasteiger partial charge in [-0.1, -0.05) is 205 Å². The van der Waals surface area contributed by atoms with Crippen LogP contribution in [0.1, 0.15) is 187 Å². The van der Waals surface area contributed by atoms with Gasteiger partial charge in [-0.2, -0.15) is 0 Å². The number of hydrogen-bond acceptors (Lipinski definition) is 8. The van der Waals surface area contributed by atoms with E-state index < -0.39 is 32.5 Å². The summed E-state index contributed by atoms with van der Waals surface area (Å²) >= 11 is 0. The molecule has 0 saturated carbocycles. The molecule has 0 heterocycles. The van der Waals surface area contributed by atoms with Gasteiger partial charge in [0.05, 0.1) is 27.7 Å². The normalized spacial score (nSPS) is 14.4. The third-order valence-corrected chi connectivity index (χ3v) is 12.0. The van der Waals surface area contributed by atoms with Gasteiger partial charge in [0.2, 0.25) is 0 Å². The lowest BCUT2D eigenvalue weighted by Gasteiger charge is -2.28. The Morgan fingerprint density at radius 1 is 0.438 bits per heavy atom. The number of rotatable bonds is 49. The number of phosphoric acid groups is 1. The van der Waals surface area contributed by atoms with Crippen LogP contribution < -0.4 is 4.89 Å². The molecule has 2 unspecified atom stereocenters. The maximum absolute atomic E-state index is 12.7. The van der Waals surface area contributed by atoms with Crippen molar-refractivity contribution >= 4 is 19.8 Å². The van der Waals surface area contributed by atoms with E-state index in [4.69, 9.17) is 18.5 Å². The average molecular weight is 1030 g/mol. The van der Waals surface area contributed by atoms with E-state index in [1.165, 1.54) is 6.42 Å². The minimum Gasteiger partial charge on any atom is -0.756 e. The molecule has 0 aromatic heterocycles. The predicted molar refractivity (Wildman–Crippen MR) is 309 cm³/mol. The van der Waals surface area contributed by atoms with Crippen LogP contribution in [-0.4, -0.2) is 70.0 Å². The van der Waals surface area contributed by atoms with E-state index in [1.807, 2.05) is 21.1 Å². The van der Waals surface area contributed by atoms with Crippen LogP contribution >= 0.6 is 7.82 Å². The van der Waals surface area contributed by atoms with Crippen molar-refractivity contribution in [1.82, 2.24) is 0 Å². The predicted octanol–water partition coefficient (Wildman–Crippen LogP) is 16.9. The zero-order chi connectivity index (χ0) is 53.5. The molecule has 0 aliphatic heterocycles. The first-order chi connectivity index (χ1) is 35.5. The third-order valence-electron chi connectivity index (χ3n) is 11.1. The molecule has 0 aromatic carbocycles. The Hall–Kier alpha value is -4.11. The van der Waals surface area contributed by atoms with E-state index in [0.717, 1.165) is 141 Å². The Morgan fingerprint density at radius 2 is 0.781 bits per heavy atom. The number of carbonyl (C=O) groups is 2. The Balaban J connectivity index is 4.15. The van der Waals surface area contributed by atoms with Crippen LogP contribution in [0.5, 0.6) is 0 Å². The van der Waals surface area contributed by atoms with Crippen LogP contribution in [0.4, 0.5) is 0 Å². The molecule has 0 aliphatic carbocycles. The SMILES string of the molecule is CC/C=C\C/C=C\C/C=C\C/C=C\C/C=C\C/C=C\C/C=C\C/C=C\C/C=C\C/C=C\C/C=C\CCCCCCCC(=O)OC(COC(=O)CCCCCCC/C=C\CCC)COP(=O)([O-])OCC[N+](C)(C)C. The fourth-order valence-corrected chi connectivity index (χ4v) is 7.51. The maximum Gasteiger partial charge on any atom is 0.306 e. The fraction of sp³-hybridized carbons (Fsp3) is 0.587. The number of unbranched alkanes of at least 4 members (excludes halogenated alkanes) is 11. The number of hydrogen-bond donors (Lipinski definition) is 0. The molecule has 0 fully saturated rings. The number of carbonyl (C=O) groups excluding carboxylic acids is 2. The summed E-state index contributed by atoms with van der Waals surface area (Å²) < 4.78 is 33.9. The number of allylic oxidation sites excluding steroid dienone is 24. The van der Waals surface area contributed by atoms with Crippen LogP contribution in [0, 0.1) is 0 Å². The molecule has 73 heavy (non-hydrogen) atoms. The van der Waals surface area contributed by atoms with Crippen molar-refractivity contribution in [2.24, 2.45) is 0 Å². The van der Waals surface area contributed by atoms with Crippen LogP contribution in [0.2, 0.25) is 0 Å². The monoisotopic (exact) mass is 1030 g/mol. The molecule has 0 spiro atoms. The highest BCUT2D eigenvalue weighted by atomic mass is 31.2. The maximum atomic E-state index is 12.7. The van der Waals surface area contributed by atoms with Gasteiger partial charge in [0.1, 0.15) is 19.8 Å². The van der Waals surface area contributed by atoms with Crippen molar-refractivity contribution in [3.63, 3.8) is 0 Å². The lowest BCUT2D eigenvalue weighted by Crippen LogP contribution is -2.37. The van der Waals surface area contributed by atoms with Gasteiger partial charge in [-0.25, -0.2) is 0 Å². The number of quaternary nitrogens is 1. The Morgan fingerprint density at radius 3 is 1.18 bits per heavy atom. The standard InChI is InChI=1S/C63H102NO8P/c1-6-8-10-12-14-16-18-19-20-21-22-23-24-25-26-27-28-29-30-31-32-33-34-35-36-37-38-39-40-41-42-43-44-45-46-48-50-52-54-56-63(66)72-61(60-71-73(67,68)70-58-57-64(3,4)5)59-69-62(65)55-53-51-49-47-17-15-13-11-9-7-2/h8,10-11,13-14,16,19-20,22-23,25-26,28-29,31-32,34-35,37-38,40-41,43-44,61H,6-7,9,12,15,17-18,21,24,27,30,33,36,39,42,45-60H2,1-5H3/b10-8-,13-11-,16-14-,20-19-,23-22-,26-25-,29-28-,32-31-,35-34-,38-37-,41-40-,44-43-. The van der Waals surface area contributed by atoms with E-state index in [-0.39, 0.29) is 26.1 Å². The minimum absolute atomic E-state index is 0.0439. The van der Waals surface area contributed by atoms with Gasteiger partial charge < -0.3 is 27.9 Å². The van der Waals surface area contributed by atoms with E-state index >= 15 is 0 Å². The molecule has 9 nitrogen and oxygen atoms in total. The van der Waals surface area contributed by atoms with Crippen LogP contribution in [0.15, 0.2) is 146 Å². The van der Waals surface area contributed by atoms with Gasteiger partial charge in [-0.05, 0) is 116 Å². The summed E-state index contributed by atoms with van der Waals surface area (Å²) in [5, 5.41) is 0. The van der Waals surface area contributed by atoms with Crippen LogP contribution in [0.25, 0.3) is 0 Å². The molecule has 0 bridgehead atoms. The Bertz CT molecular complexity index is 1740. The van der Waals surface area contributed by atoms with Crippen molar-refractivity contribution < 1.29 is 42.1 Å². The van der Waals surface area contributed by atoms with Gasteiger partial charge in [0.15, 0.2) is 6.10 Å². The summed E-state index contributed by atoms with van der Waals surface area (Å²) in [6, 6.07) is 0. The van der Waals surface area contributed by atoms with Crippen molar-refractivity contribution in [2.75, 3.05) is 47.5 Å². The van der Waals surface area contributed by atoms with Gasteiger partial charge in [-0.15, -0.1) is 0 Å². The average Bonchev–Trinajstić information content (AvgIpc) is 3.35. The molecule has 0 rings (SSSR count). The molecular formula is C63H102NO8P. The second kappa shape index (κ2) is 52.7. The first-order valence-corrected chi connectivity index (χ1v) is 29.5. The molecule has 2 atom stereocenters. The van der Waals surface area contributed by atoms with Crippen molar-refractivity contribution in [1.29, 1.82) is 0 Å². The third kappa shape index (κ3) is 57.0. The molecule has 0 radical (unpaired) electrons. The van der Waals surface area contributed by atoms with E-state index in [1.54, 1.807) is 0 Å². The lowest BCUT2D eigenvalue weighted by atomic mass is 10.1. The number of likely N-dealkylation sites (N-methyl/N-ethyl adjacent to an activating group) is 1. The summed E-state index contributed by atoms with van der Waals surface area (Å²) in [6.07, 6.45) is 77.7. The van der Waals surface area contributed by atoms with Gasteiger partial charge >= 0.3 is 11.9 Å². The van der Waals surface area contributed by atoms with E-state index in [0.29, 0.717) is 23.9 Å². The summed E-state index contributed by atoms with van der Waals surface area (Å²) in [4.78, 5) is 37.6. The largest absolute Gasteiger partial charge is 0.756 e. The lowest BCUT2D eigenvalue weighted by molar-refractivity contribution is -0.870. The zero-order valence-corrected chi connectivity index (χ0v) is 47.4. The van der Waals surface area contributed by atoms with Gasteiger partial charge in [0.25, 0.3) is 7.82 Å². The second-order valence-corrected chi connectivity index (χ2v) is 20.6. The zero-order valence-electron chi connectivity index (χ0n) is 46.5. The molecule has 0 amide bonds. The second-order valence-electron chi connectivity index (χ2n) is 19.2. The summed E-state index contributed by atoms with van der Waals surface area (Å²) in [7, 11) is 1.12. The van der Waals surface area contributed by atoms with Gasteiger partial charge in [-0.3, -0.25) is 14.2 Å². The Labute approximate surface area is 446 Å². The highest BCUT2D eigenvalue weighted by Gasteiger charge is 2.21. The van der Waals surface area contributed by atoms with E-state index in [9.17, 15) is 19.0 Å². The van der Waals surface area contributed by atoms with E-state index in [2.05, 4.69) is 160 Å². The first-order valence-electron chi connectivity index (χ1n) is 28.0. The topological polar surface area (TPSA) is 111 Å². The highest BCUT2D eigenvalue weighted by molar-refractivity contribution is 7.45. The molecule has 10 heteroatoms. The molecule has 0 aromatic rings. The minimum atomic E-state index is -4.64. The Kier molecular flexibility index (Phi) is 49.8. The molecule has 412 valence electrons. The number of ether oxygens (including phenoxy) is 2. The first kappa shape index (κ1) is 68.9. The highest BCUT2D eigenvalue weighted by Crippen LogP contribution is 2.38. The van der Waals surface area contributed by atoms with Gasteiger partial charge in [0, 0.05) is 12.8 Å². The smallest absolute Gasteiger partial charge is 0.306 e. The molecular weight excluding hydrogens is 930 g/mol. The molecule has 0 saturated heterocycles. The number of nitrogens with zero attached hydrogens (tertiary/aromatic N) is 1. The van der Waals surface area contributed by atoms with Crippen molar-refractivity contribution in [2.45, 2.75) is 193 Å². The quantitative estimate of drug-likeness (QED) is 0.0195. The van der Waals surface area contributed by atoms with Crippen LogP contribution in [-0.2, 0) is 32.7 Å². The molecule has 0 aliphatic rings. The molecule has 0 N–H and O–H groups in total. The summed E-state index contributed by atoms with van der Waals surface area (Å²) in [5.41, 5.74) is 0. The summed E-state index contributed by atoms with van der Waals surface area (Å²) in [5.74, 6) is -0.883. The van der Waals surface area contributed by atoms with Crippen molar-refractivity contribution in [3.8, 4) is 0 Å². The number of esters is 2. The van der Waals surface area contributed by atoms with Crippen LogP contribution in [0.3, 0.4) is 0 Å². The summed E-state index contributed by atoms with van der Waals surface area (Å²) in [6.45, 7) is 3.98. The van der Waals surface area contributed by atoms with Crippen molar-refractivity contribution in [3.05, 3.63) is 146 Å².